The number of rotatable bonds is 5. The van der Waals surface area contributed by atoms with E-state index in [4.69, 9.17) is 4.74 Å². The fraction of sp³-hybridized carbons (Fsp3) is 0.235. The highest BCUT2D eigenvalue weighted by Crippen LogP contribution is 2.37. The number of aliphatic carboxylic acids is 1. The lowest BCUT2D eigenvalue weighted by Crippen LogP contribution is -2.08. The van der Waals surface area contributed by atoms with Crippen LogP contribution >= 0.6 is 11.8 Å². The fourth-order valence-corrected chi connectivity index (χ4v) is 2.82. The second-order valence-corrected chi connectivity index (χ2v) is 5.89. The number of nitrogens with zero attached hydrogens (tertiary/aromatic N) is 2. The molecule has 2 aromatic rings. The van der Waals surface area contributed by atoms with Gasteiger partial charge >= 0.3 is 12.1 Å². The molecule has 1 aromatic carbocycles. The van der Waals surface area contributed by atoms with Gasteiger partial charge in [-0.05, 0) is 38.3 Å². The molecule has 0 aliphatic rings. The normalized spacial score (nSPS) is 12.2. The van der Waals surface area contributed by atoms with Crippen molar-refractivity contribution in [2.75, 3.05) is 6.26 Å². The van der Waals surface area contributed by atoms with Gasteiger partial charge in [0.15, 0.2) is 0 Å². The monoisotopic (exact) mass is 384 g/mol. The van der Waals surface area contributed by atoms with E-state index in [0.717, 1.165) is 12.1 Å². The number of ether oxygens (including phenoxy) is 1. The van der Waals surface area contributed by atoms with Crippen molar-refractivity contribution in [3.05, 3.63) is 47.3 Å². The van der Waals surface area contributed by atoms with E-state index in [9.17, 15) is 23.1 Å². The Bertz CT molecular complexity index is 867. The highest BCUT2D eigenvalue weighted by atomic mass is 32.2. The van der Waals surface area contributed by atoms with Crippen LogP contribution in [-0.4, -0.2) is 27.3 Å². The fourth-order valence-electron chi connectivity index (χ4n) is 2.20. The average molecular weight is 384 g/mol. The van der Waals surface area contributed by atoms with Gasteiger partial charge in [0.1, 0.15) is 16.6 Å². The SMILES string of the molecule is CC=C(C(=O)O)c1c(Oc2cccc(C(F)(F)F)c2)nc(C)nc1SC. The molecule has 0 atom stereocenters. The van der Waals surface area contributed by atoms with Crippen LogP contribution in [0.15, 0.2) is 35.4 Å². The number of halogens is 3. The van der Waals surface area contributed by atoms with E-state index >= 15 is 0 Å². The van der Waals surface area contributed by atoms with Crippen LogP contribution in [0.1, 0.15) is 23.9 Å². The minimum absolute atomic E-state index is 0.101. The molecule has 9 heteroatoms. The largest absolute Gasteiger partial charge is 0.478 e. The van der Waals surface area contributed by atoms with Crippen molar-refractivity contribution < 1.29 is 27.8 Å². The zero-order chi connectivity index (χ0) is 19.5. The standard InChI is InChI=1S/C17H15F3N2O3S/c1-4-12(16(23)24)13-14(21-9(2)22-15(13)26-3)25-11-7-5-6-10(8-11)17(18,19)20/h4-8H,1-3H3,(H,23,24). The molecule has 5 nitrogen and oxygen atoms in total. The molecule has 0 saturated carbocycles. The van der Waals surface area contributed by atoms with Crippen LogP contribution in [0.4, 0.5) is 13.2 Å². The molecule has 0 spiro atoms. The summed E-state index contributed by atoms with van der Waals surface area (Å²) in [5.41, 5.74) is -0.858. The molecule has 0 amide bonds. The van der Waals surface area contributed by atoms with E-state index in [2.05, 4.69) is 9.97 Å². The number of allylic oxidation sites excluding steroid dienone is 1. The van der Waals surface area contributed by atoms with E-state index in [1.54, 1.807) is 13.2 Å². The summed E-state index contributed by atoms with van der Waals surface area (Å²) in [5, 5.41) is 9.78. The molecule has 0 fully saturated rings. The van der Waals surface area contributed by atoms with Crippen LogP contribution in [0.2, 0.25) is 0 Å². The molecule has 1 heterocycles. The van der Waals surface area contributed by atoms with Crippen LogP contribution < -0.4 is 4.74 Å². The molecule has 0 aliphatic carbocycles. The van der Waals surface area contributed by atoms with Gasteiger partial charge in [0.2, 0.25) is 5.88 Å². The zero-order valence-corrected chi connectivity index (χ0v) is 14.9. The third kappa shape index (κ3) is 4.34. The predicted octanol–water partition coefficient (Wildman–Crippen LogP) is 4.81. The van der Waals surface area contributed by atoms with E-state index in [1.807, 2.05) is 0 Å². The van der Waals surface area contributed by atoms with Crippen molar-refractivity contribution in [3.63, 3.8) is 0 Å². The van der Waals surface area contributed by atoms with E-state index < -0.39 is 17.7 Å². The number of hydrogen-bond donors (Lipinski definition) is 1. The first kappa shape index (κ1) is 19.8. The number of hydrogen-bond acceptors (Lipinski definition) is 5. The lowest BCUT2D eigenvalue weighted by molar-refractivity contribution is -0.137. The van der Waals surface area contributed by atoms with Crippen molar-refractivity contribution in [3.8, 4) is 11.6 Å². The van der Waals surface area contributed by atoms with Crippen LogP contribution in [-0.2, 0) is 11.0 Å². The molecular weight excluding hydrogens is 369 g/mol. The minimum Gasteiger partial charge on any atom is -0.478 e. The molecule has 0 radical (unpaired) electrons. The number of benzene rings is 1. The topological polar surface area (TPSA) is 72.3 Å². The van der Waals surface area contributed by atoms with E-state index in [-0.39, 0.29) is 22.8 Å². The Morgan fingerprint density at radius 2 is 2.00 bits per heavy atom. The molecule has 2 rings (SSSR count). The lowest BCUT2D eigenvalue weighted by atomic mass is 10.1. The molecule has 0 unspecified atom stereocenters. The molecule has 1 aromatic heterocycles. The van der Waals surface area contributed by atoms with Gasteiger partial charge in [0.25, 0.3) is 0 Å². The molecular formula is C17H15F3N2O3S. The van der Waals surface area contributed by atoms with Crippen molar-refractivity contribution >= 4 is 23.3 Å². The van der Waals surface area contributed by atoms with Crippen molar-refractivity contribution in [1.82, 2.24) is 9.97 Å². The number of aromatic nitrogens is 2. The molecule has 138 valence electrons. The van der Waals surface area contributed by atoms with Crippen LogP contribution in [0.5, 0.6) is 11.6 Å². The molecule has 1 N–H and O–H groups in total. The van der Waals surface area contributed by atoms with Gasteiger partial charge in [0.05, 0.1) is 16.7 Å². The summed E-state index contributed by atoms with van der Waals surface area (Å²) in [4.78, 5) is 19.8. The highest BCUT2D eigenvalue weighted by molar-refractivity contribution is 7.98. The highest BCUT2D eigenvalue weighted by Gasteiger charge is 2.31. The van der Waals surface area contributed by atoms with Crippen molar-refractivity contribution in [1.29, 1.82) is 0 Å². The van der Waals surface area contributed by atoms with Gasteiger partial charge in [-0.2, -0.15) is 18.2 Å². The first-order chi connectivity index (χ1) is 12.2. The maximum Gasteiger partial charge on any atom is 0.416 e. The van der Waals surface area contributed by atoms with Crippen molar-refractivity contribution in [2.24, 2.45) is 0 Å². The molecule has 26 heavy (non-hydrogen) atoms. The van der Waals surface area contributed by atoms with E-state index in [0.29, 0.717) is 10.9 Å². The van der Waals surface area contributed by atoms with Gasteiger partial charge in [-0.25, -0.2) is 9.78 Å². The smallest absolute Gasteiger partial charge is 0.416 e. The van der Waals surface area contributed by atoms with Crippen LogP contribution in [0.3, 0.4) is 0 Å². The van der Waals surface area contributed by atoms with Crippen LogP contribution in [0, 0.1) is 6.92 Å². The minimum atomic E-state index is -4.52. The predicted molar refractivity (Wildman–Crippen MR) is 91.4 cm³/mol. The quantitative estimate of drug-likeness (QED) is 0.453. The summed E-state index contributed by atoms with van der Waals surface area (Å²) in [6, 6.07) is 4.29. The number of aryl methyl sites for hydroxylation is 1. The van der Waals surface area contributed by atoms with Gasteiger partial charge in [-0.1, -0.05) is 12.1 Å². The van der Waals surface area contributed by atoms with Crippen molar-refractivity contribution in [2.45, 2.75) is 25.0 Å². The third-order valence-corrected chi connectivity index (χ3v) is 3.99. The average Bonchev–Trinajstić information content (AvgIpc) is 2.56. The second-order valence-electron chi connectivity index (χ2n) is 5.10. The van der Waals surface area contributed by atoms with Gasteiger partial charge < -0.3 is 9.84 Å². The summed E-state index contributed by atoms with van der Waals surface area (Å²) < 4.78 is 44.2. The van der Waals surface area contributed by atoms with Gasteiger partial charge in [-0.3, -0.25) is 0 Å². The number of thioether (sulfide) groups is 1. The number of carboxylic acid groups (broad SMARTS) is 1. The Balaban J connectivity index is 2.60. The zero-order valence-electron chi connectivity index (χ0n) is 14.1. The Labute approximate surface area is 151 Å². The first-order valence-corrected chi connectivity index (χ1v) is 8.57. The number of carbonyl (C=O) groups is 1. The summed E-state index contributed by atoms with van der Waals surface area (Å²) in [6.07, 6.45) is -1.46. The molecule has 0 bridgehead atoms. The molecule has 0 aliphatic heterocycles. The molecule has 0 saturated heterocycles. The Morgan fingerprint density at radius 1 is 1.31 bits per heavy atom. The summed E-state index contributed by atoms with van der Waals surface area (Å²) >= 11 is 1.19. The summed E-state index contributed by atoms with van der Waals surface area (Å²) in [7, 11) is 0. The van der Waals surface area contributed by atoms with E-state index in [1.165, 1.54) is 36.9 Å². The van der Waals surface area contributed by atoms with Gasteiger partial charge in [-0.15, -0.1) is 11.8 Å². The van der Waals surface area contributed by atoms with Gasteiger partial charge in [0, 0.05) is 0 Å². The second kappa shape index (κ2) is 7.77. The third-order valence-electron chi connectivity index (χ3n) is 3.31. The maximum atomic E-state index is 12.9. The number of carboxylic acids is 1. The number of alkyl halides is 3. The summed E-state index contributed by atoms with van der Waals surface area (Å²) in [5.74, 6) is -1.13. The van der Waals surface area contributed by atoms with Crippen LogP contribution in [0.25, 0.3) is 5.57 Å². The summed E-state index contributed by atoms with van der Waals surface area (Å²) in [6.45, 7) is 3.11. The lowest BCUT2D eigenvalue weighted by Gasteiger charge is -2.15. The Hall–Kier alpha value is -2.55. The maximum absolute atomic E-state index is 12.9. The first-order valence-electron chi connectivity index (χ1n) is 7.35. The Morgan fingerprint density at radius 3 is 2.54 bits per heavy atom. The Kier molecular flexibility index (Phi) is 5.91.